The van der Waals surface area contributed by atoms with Gasteiger partial charge in [-0.25, -0.2) is 0 Å². The number of nitrogens with one attached hydrogen (secondary N) is 1. The lowest BCUT2D eigenvalue weighted by Crippen LogP contribution is -2.36. The third-order valence-electron chi connectivity index (χ3n) is 2.84. The van der Waals surface area contributed by atoms with Gasteiger partial charge in [-0.2, -0.15) is 0 Å². The lowest BCUT2D eigenvalue weighted by Gasteiger charge is -2.25. The molecule has 0 radical (unpaired) electrons. The molecular weight excluding hydrogens is 271 g/mol. The van der Waals surface area contributed by atoms with E-state index < -0.39 is 0 Å². The maximum absolute atomic E-state index is 11.5. The molecule has 1 aromatic carbocycles. The van der Waals surface area contributed by atoms with Crippen LogP contribution in [-0.2, 0) is 4.79 Å². The molecular formula is C13H18Cl2N2O. The molecule has 0 saturated carbocycles. The maximum atomic E-state index is 11.5. The summed E-state index contributed by atoms with van der Waals surface area (Å²) in [7, 11) is 1.89. The van der Waals surface area contributed by atoms with Crippen molar-refractivity contribution in [3.8, 4) is 0 Å². The number of likely N-dealkylation sites (N-methyl/N-ethyl adjacent to an activating group) is 2. The van der Waals surface area contributed by atoms with Crippen LogP contribution in [0, 0.1) is 0 Å². The van der Waals surface area contributed by atoms with Crippen LogP contribution in [0.15, 0.2) is 18.2 Å². The van der Waals surface area contributed by atoms with Crippen LogP contribution in [0.3, 0.4) is 0 Å². The van der Waals surface area contributed by atoms with Crippen molar-refractivity contribution in [1.82, 2.24) is 10.2 Å². The largest absolute Gasteiger partial charge is 0.355 e. The summed E-state index contributed by atoms with van der Waals surface area (Å²) in [6, 6.07) is 5.47. The van der Waals surface area contributed by atoms with Crippen molar-refractivity contribution in [3.63, 3.8) is 0 Å². The fraction of sp³-hybridized carbons (Fsp3) is 0.462. The first kappa shape index (κ1) is 15.3. The molecule has 0 aliphatic heterocycles. The first-order valence-electron chi connectivity index (χ1n) is 5.87. The van der Waals surface area contributed by atoms with E-state index >= 15 is 0 Å². The van der Waals surface area contributed by atoms with Gasteiger partial charge < -0.3 is 5.32 Å². The van der Waals surface area contributed by atoms with Crippen molar-refractivity contribution in [2.24, 2.45) is 0 Å². The van der Waals surface area contributed by atoms with Gasteiger partial charge in [-0.1, -0.05) is 29.3 Å². The molecule has 0 aliphatic rings. The molecule has 5 heteroatoms. The van der Waals surface area contributed by atoms with Gasteiger partial charge in [-0.3, -0.25) is 9.69 Å². The minimum Gasteiger partial charge on any atom is -0.355 e. The van der Waals surface area contributed by atoms with Crippen LogP contribution in [-0.4, -0.2) is 30.9 Å². The van der Waals surface area contributed by atoms with E-state index in [1.807, 2.05) is 31.9 Å². The Hall–Kier alpha value is -0.770. The molecule has 0 heterocycles. The number of carbonyl (C=O) groups is 1. The maximum Gasteiger partial charge on any atom is 0.234 e. The zero-order valence-electron chi connectivity index (χ0n) is 10.8. The second kappa shape index (κ2) is 6.98. The summed E-state index contributed by atoms with van der Waals surface area (Å²) in [4.78, 5) is 13.5. The fourth-order valence-electron chi connectivity index (χ4n) is 1.69. The summed E-state index contributed by atoms with van der Waals surface area (Å²) in [6.07, 6.45) is 0. The van der Waals surface area contributed by atoms with E-state index in [1.165, 1.54) is 0 Å². The number of carbonyl (C=O) groups excluding carboxylic acids is 1. The highest BCUT2D eigenvalue weighted by Crippen LogP contribution is 2.28. The van der Waals surface area contributed by atoms with E-state index in [1.54, 1.807) is 12.1 Å². The highest BCUT2D eigenvalue weighted by atomic mass is 35.5. The van der Waals surface area contributed by atoms with Gasteiger partial charge in [0.05, 0.1) is 6.54 Å². The summed E-state index contributed by atoms with van der Waals surface area (Å²) in [5.74, 6) is 0.0111. The minimum absolute atomic E-state index is 0.0111. The van der Waals surface area contributed by atoms with Crippen molar-refractivity contribution in [2.45, 2.75) is 19.9 Å². The predicted molar refractivity (Wildman–Crippen MR) is 76.2 cm³/mol. The van der Waals surface area contributed by atoms with Gasteiger partial charge in [0.1, 0.15) is 0 Å². The van der Waals surface area contributed by atoms with E-state index in [9.17, 15) is 4.79 Å². The number of benzene rings is 1. The number of amides is 1. The molecule has 1 atom stereocenters. The molecule has 0 spiro atoms. The first-order chi connectivity index (χ1) is 8.45. The molecule has 18 heavy (non-hydrogen) atoms. The summed E-state index contributed by atoms with van der Waals surface area (Å²) in [5.41, 5.74) is 0.966. The van der Waals surface area contributed by atoms with E-state index in [4.69, 9.17) is 23.2 Å². The Balaban J connectivity index is 2.73. The van der Waals surface area contributed by atoms with E-state index in [0.717, 1.165) is 5.56 Å². The average molecular weight is 289 g/mol. The zero-order chi connectivity index (χ0) is 13.7. The second-order valence-corrected chi connectivity index (χ2v) is 5.05. The van der Waals surface area contributed by atoms with Crippen LogP contribution in [0.4, 0.5) is 0 Å². The van der Waals surface area contributed by atoms with Crippen LogP contribution < -0.4 is 5.32 Å². The van der Waals surface area contributed by atoms with Crippen molar-refractivity contribution in [1.29, 1.82) is 0 Å². The summed E-state index contributed by atoms with van der Waals surface area (Å²) in [6.45, 7) is 4.89. The average Bonchev–Trinajstić information content (AvgIpc) is 2.28. The monoisotopic (exact) mass is 288 g/mol. The summed E-state index contributed by atoms with van der Waals surface area (Å²) in [5, 5.41) is 4.01. The Labute approximate surface area is 118 Å². The quantitative estimate of drug-likeness (QED) is 0.903. The van der Waals surface area contributed by atoms with Crippen molar-refractivity contribution < 1.29 is 4.79 Å². The lowest BCUT2D eigenvalue weighted by atomic mass is 10.1. The number of rotatable bonds is 5. The van der Waals surface area contributed by atoms with E-state index in [-0.39, 0.29) is 11.9 Å². The SMILES string of the molecule is CCNC(=O)CN(C)C(C)c1ccc(Cl)cc1Cl. The van der Waals surface area contributed by atoms with Crippen molar-refractivity contribution in [2.75, 3.05) is 20.1 Å². The smallest absolute Gasteiger partial charge is 0.234 e. The number of hydrogen-bond donors (Lipinski definition) is 1. The second-order valence-electron chi connectivity index (χ2n) is 4.21. The Morgan fingerprint density at radius 1 is 1.44 bits per heavy atom. The molecule has 0 saturated heterocycles. The molecule has 1 aromatic rings. The Bertz CT molecular complexity index is 423. The normalized spacial score (nSPS) is 12.6. The first-order valence-corrected chi connectivity index (χ1v) is 6.63. The molecule has 1 unspecified atom stereocenters. The number of nitrogens with zero attached hydrogens (tertiary/aromatic N) is 1. The molecule has 3 nitrogen and oxygen atoms in total. The van der Waals surface area contributed by atoms with Gasteiger partial charge in [-0.05, 0) is 38.6 Å². The van der Waals surface area contributed by atoms with Gasteiger partial charge in [0.15, 0.2) is 0 Å². The van der Waals surface area contributed by atoms with Crippen LogP contribution in [0.25, 0.3) is 0 Å². The standard InChI is InChI=1S/C13H18Cl2N2O/c1-4-16-13(18)8-17(3)9(2)11-6-5-10(14)7-12(11)15/h5-7,9H,4,8H2,1-3H3,(H,16,18). The third kappa shape index (κ3) is 4.16. The van der Waals surface area contributed by atoms with Gasteiger partial charge in [0.25, 0.3) is 0 Å². The topological polar surface area (TPSA) is 32.3 Å². The molecule has 100 valence electrons. The van der Waals surface area contributed by atoms with Crippen molar-refractivity contribution in [3.05, 3.63) is 33.8 Å². The highest BCUT2D eigenvalue weighted by Gasteiger charge is 2.17. The van der Waals surface area contributed by atoms with Gasteiger partial charge >= 0.3 is 0 Å². The lowest BCUT2D eigenvalue weighted by molar-refractivity contribution is -0.122. The predicted octanol–water partition coefficient (Wildman–Crippen LogP) is 3.12. The van der Waals surface area contributed by atoms with Gasteiger partial charge in [0.2, 0.25) is 5.91 Å². The van der Waals surface area contributed by atoms with E-state index in [0.29, 0.717) is 23.1 Å². The van der Waals surface area contributed by atoms with Gasteiger partial charge in [0, 0.05) is 22.6 Å². The molecule has 0 aliphatic carbocycles. The van der Waals surface area contributed by atoms with Crippen LogP contribution >= 0.6 is 23.2 Å². The fourth-order valence-corrected chi connectivity index (χ4v) is 2.26. The van der Waals surface area contributed by atoms with Crippen molar-refractivity contribution >= 4 is 29.1 Å². The van der Waals surface area contributed by atoms with Gasteiger partial charge in [-0.15, -0.1) is 0 Å². The Kier molecular flexibility index (Phi) is 5.93. The molecule has 1 N–H and O–H groups in total. The summed E-state index contributed by atoms with van der Waals surface area (Å²) < 4.78 is 0. The molecule has 0 bridgehead atoms. The van der Waals surface area contributed by atoms with E-state index in [2.05, 4.69) is 5.32 Å². The Morgan fingerprint density at radius 3 is 2.67 bits per heavy atom. The molecule has 0 fully saturated rings. The van der Waals surface area contributed by atoms with Crippen LogP contribution in [0.5, 0.6) is 0 Å². The summed E-state index contributed by atoms with van der Waals surface area (Å²) >= 11 is 12.0. The third-order valence-corrected chi connectivity index (χ3v) is 3.40. The van der Waals surface area contributed by atoms with Crippen LogP contribution in [0.2, 0.25) is 10.0 Å². The number of hydrogen-bond acceptors (Lipinski definition) is 2. The van der Waals surface area contributed by atoms with Crippen LogP contribution in [0.1, 0.15) is 25.5 Å². The number of halogens is 2. The highest BCUT2D eigenvalue weighted by molar-refractivity contribution is 6.35. The zero-order valence-corrected chi connectivity index (χ0v) is 12.3. The molecule has 1 rings (SSSR count). The molecule has 0 aromatic heterocycles. The minimum atomic E-state index is 0.0111. The molecule has 1 amide bonds. The Morgan fingerprint density at radius 2 is 2.11 bits per heavy atom.